The van der Waals surface area contributed by atoms with E-state index >= 15 is 0 Å². The van der Waals surface area contributed by atoms with Crippen LogP contribution in [-0.2, 0) is 21.4 Å². The van der Waals surface area contributed by atoms with E-state index in [1.807, 2.05) is 24.3 Å². The summed E-state index contributed by atoms with van der Waals surface area (Å²) in [6, 6.07) is 17.8. The molecule has 1 aliphatic heterocycles. The highest BCUT2D eigenvalue weighted by Gasteiger charge is 2.41. The van der Waals surface area contributed by atoms with Gasteiger partial charge >= 0.3 is 0 Å². The molecule has 0 spiro atoms. The van der Waals surface area contributed by atoms with Gasteiger partial charge in [0.25, 0.3) is 10.0 Å². The lowest BCUT2D eigenvalue weighted by atomic mass is 10.0. The van der Waals surface area contributed by atoms with Gasteiger partial charge in [0.2, 0.25) is 11.0 Å². The van der Waals surface area contributed by atoms with Crippen molar-refractivity contribution in [3.63, 3.8) is 0 Å². The maximum Gasteiger partial charge on any atom is 0.277 e. The number of carbonyl (C=O) groups is 1. The van der Waals surface area contributed by atoms with Gasteiger partial charge in [0.05, 0.1) is 0 Å². The molecule has 9 heteroatoms. The average molecular weight is 497 g/mol. The third-order valence-corrected chi connectivity index (χ3v) is 7.86. The zero-order valence-corrected chi connectivity index (χ0v) is 19.4. The van der Waals surface area contributed by atoms with Crippen LogP contribution in [-0.4, -0.2) is 31.2 Å². The molecule has 0 radical (unpaired) electrons. The summed E-state index contributed by atoms with van der Waals surface area (Å²) in [7, 11) is -4.08. The van der Waals surface area contributed by atoms with Gasteiger partial charge in [0, 0.05) is 24.5 Å². The highest BCUT2D eigenvalue weighted by Crippen LogP contribution is 2.30. The Hall–Kier alpha value is -3.56. The molecule has 5 rings (SSSR count). The van der Waals surface area contributed by atoms with Gasteiger partial charge in [0.1, 0.15) is 23.3 Å². The summed E-state index contributed by atoms with van der Waals surface area (Å²) < 4.78 is 59.8. The molecule has 0 bridgehead atoms. The monoisotopic (exact) mass is 496 g/mol. The van der Waals surface area contributed by atoms with Crippen molar-refractivity contribution >= 4 is 26.9 Å². The van der Waals surface area contributed by atoms with Crippen LogP contribution >= 0.6 is 0 Å². The van der Waals surface area contributed by atoms with E-state index in [4.69, 9.17) is 4.42 Å². The fraction of sp³-hybridized carbons (Fsp3) is 0.192. The van der Waals surface area contributed by atoms with E-state index in [-0.39, 0.29) is 29.6 Å². The molecule has 0 unspecified atom stereocenters. The molecule has 1 aliphatic rings. The first-order valence-corrected chi connectivity index (χ1v) is 12.6. The largest absolute Gasteiger partial charge is 0.443 e. The number of carbonyl (C=O) groups excluding carboxylic acids is 1. The number of furan rings is 1. The summed E-state index contributed by atoms with van der Waals surface area (Å²) >= 11 is 0. The zero-order valence-electron chi connectivity index (χ0n) is 18.6. The molecular weight excluding hydrogens is 474 g/mol. The molecule has 0 aliphatic carbocycles. The van der Waals surface area contributed by atoms with Gasteiger partial charge in [-0.1, -0.05) is 30.3 Å². The lowest BCUT2D eigenvalue weighted by molar-refractivity contribution is -0.124. The van der Waals surface area contributed by atoms with E-state index in [0.717, 1.165) is 21.0 Å². The molecule has 1 saturated heterocycles. The van der Waals surface area contributed by atoms with Crippen molar-refractivity contribution in [3.8, 4) is 11.1 Å². The smallest absolute Gasteiger partial charge is 0.277 e. The van der Waals surface area contributed by atoms with Crippen LogP contribution < -0.4 is 5.32 Å². The van der Waals surface area contributed by atoms with Crippen LogP contribution in [0.3, 0.4) is 0 Å². The van der Waals surface area contributed by atoms with Gasteiger partial charge in [-0.15, -0.1) is 0 Å². The molecule has 1 N–H and O–H groups in total. The van der Waals surface area contributed by atoms with E-state index in [1.54, 1.807) is 12.1 Å². The van der Waals surface area contributed by atoms with Crippen molar-refractivity contribution in [1.82, 2.24) is 9.62 Å². The Balaban J connectivity index is 1.30. The third kappa shape index (κ3) is 4.69. The van der Waals surface area contributed by atoms with E-state index in [1.165, 1.54) is 36.4 Å². The van der Waals surface area contributed by atoms with Gasteiger partial charge in [-0.2, -0.15) is 4.31 Å². The number of amides is 1. The molecule has 2 heterocycles. The molecule has 35 heavy (non-hydrogen) atoms. The number of benzene rings is 3. The second kappa shape index (κ2) is 9.24. The number of nitrogens with zero attached hydrogens (tertiary/aromatic N) is 1. The number of halogens is 2. The van der Waals surface area contributed by atoms with Crippen LogP contribution in [0, 0.1) is 11.6 Å². The molecule has 4 aromatic rings. The Bertz CT molecular complexity index is 1500. The summed E-state index contributed by atoms with van der Waals surface area (Å²) in [6.07, 6.45) is 0.918. The molecule has 3 aromatic carbocycles. The van der Waals surface area contributed by atoms with Crippen LogP contribution in [0.1, 0.15) is 18.4 Å². The van der Waals surface area contributed by atoms with Crippen molar-refractivity contribution in [3.05, 3.63) is 90.0 Å². The molecule has 180 valence electrons. The summed E-state index contributed by atoms with van der Waals surface area (Å²) in [6.45, 7) is 0.397. The van der Waals surface area contributed by atoms with Crippen LogP contribution in [0.2, 0.25) is 0 Å². The van der Waals surface area contributed by atoms with E-state index < -0.39 is 27.8 Å². The first-order chi connectivity index (χ1) is 16.8. The van der Waals surface area contributed by atoms with Crippen molar-refractivity contribution in [1.29, 1.82) is 0 Å². The normalized spacial score (nSPS) is 16.6. The Morgan fingerprint density at radius 3 is 2.54 bits per heavy atom. The van der Waals surface area contributed by atoms with Gasteiger partial charge in [-0.3, -0.25) is 4.79 Å². The van der Waals surface area contributed by atoms with Crippen LogP contribution in [0.25, 0.3) is 22.1 Å². The Morgan fingerprint density at radius 2 is 1.74 bits per heavy atom. The summed E-state index contributed by atoms with van der Waals surface area (Å²) in [4.78, 5) is 13.0. The fourth-order valence-corrected chi connectivity index (χ4v) is 5.94. The van der Waals surface area contributed by atoms with Crippen molar-refractivity contribution in [2.75, 3.05) is 6.54 Å². The quantitative estimate of drug-likeness (QED) is 0.414. The predicted octanol–water partition coefficient (Wildman–Crippen LogP) is 4.85. The topological polar surface area (TPSA) is 79.6 Å². The maximum absolute atomic E-state index is 13.5. The zero-order chi connectivity index (χ0) is 24.6. The molecule has 6 nitrogen and oxygen atoms in total. The van der Waals surface area contributed by atoms with Crippen molar-refractivity contribution in [2.45, 2.75) is 30.5 Å². The van der Waals surface area contributed by atoms with E-state index in [0.29, 0.717) is 18.2 Å². The minimum atomic E-state index is -4.08. The molecule has 1 aromatic heterocycles. The third-order valence-electron chi connectivity index (χ3n) is 6.10. The van der Waals surface area contributed by atoms with Gasteiger partial charge < -0.3 is 9.73 Å². The van der Waals surface area contributed by atoms with Gasteiger partial charge in [-0.25, -0.2) is 17.2 Å². The minimum Gasteiger partial charge on any atom is -0.443 e. The predicted molar refractivity (Wildman–Crippen MR) is 127 cm³/mol. The highest BCUT2D eigenvalue weighted by molar-refractivity contribution is 7.89. The summed E-state index contributed by atoms with van der Waals surface area (Å²) in [5, 5.41) is 2.85. The number of hydrogen-bond donors (Lipinski definition) is 1. The molecule has 1 amide bonds. The maximum atomic E-state index is 13.5. The SMILES string of the molecule is O=C(NCc1cccc(-c2ccc(F)cc2)c1)[C@@H]1CCCN1S(=O)(=O)c1cc2cc(F)ccc2o1. The number of sulfonamides is 1. The van der Waals surface area contributed by atoms with E-state index in [9.17, 15) is 22.0 Å². The van der Waals surface area contributed by atoms with E-state index in [2.05, 4.69) is 5.32 Å². The van der Waals surface area contributed by atoms with Crippen LogP contribution in [0.15, 0.2) is 82.3 Å². The summed E-state index contributed by atoms with van der Waals surface area (Å²) in [5.41, 5.74) is 2.81. The summed E-state index contributed by atoms with van der Waals surface area (Å²) in [5.74, 6) is -1.22. The minimum absolute atomic E-state index is 0.186. The first kappa shape index (κ1) is 23.2. The Labute approximate surface area is 201 Å². The van der Waals surface area contributed by atoms with Crippen molar-refractivity contribution in [2.24, 2.45) is 0 Å². The van der Waals surface area contributed by atoms with Gasteiger partial charge in [0.15, 0.2) is 0 Å². The Kier molecular flexibility index (Phi) is 6.12. The molecule has 1 fully saturated rings. The Morgan fingerprint density at radius 1 is 0.971 bits per heavy atom. The highest BCUT2D eigenvalue weighted by atomic mass is 32.2. The molecule has 1 atom stereocenters. The second-order valence-electron chi connectivity index (χ2n) is 8.45. The number of nitrogens with one attached hydrogen (secondary N) is 1. The lowest BCUT2D eigenvalue weighted by Crippen LogP contribution is -2.45. The number of hydrogen-bond acceptors (Lipinski definition) is 4. The molecular formula is C26H22F2N2O4S. The van der Waals surface area contributed by atoms with Gasteiger partial charge in [-0.05, 0) is 65.9 Å². The fourth-order valence-electron chi connectivity index (χ4n) is 4.33. The standard InChI is InChI=1S/C26H22F2N2O4S/c27-21-8-6-18(7-9-21)19-4-1-3-17(13-19)16-29-26(31)23-5-2-12-30(23)35(32,33)25-15-20-14-22(28)10-11-24(20)34-25/h1,3-4,6-11,13-15,23H,2,5,12,16H2,(H,29,31)/t23-/m0/s1. The number of fused-ring (bicyclic) bond motifs is 1. The van der Waals surface area contributed by atoms with Crippen LogP contribution in [0.5, 0.6) is 0 Å². The van der Waals surface area contributed by atoms with Crippen molar-refractivity contribution < 1.29 is 26.4 Å². The number of rotatable bonds is 6. The second-order valence-corrected chi connectivity index (χ2v) is 10.3. The lowest BCUT2D eigenvalue weighted by Gasteiger charge is -2.22. The average Bonchev–Trinajstić information content (AvgIpc) is 3.51. The molecule has 0 saturated carbocycles. The first-order valence-electron chi connectivity index (χ1n) is 11.1. The van der Waals surface area contributed by atoms with Crippen LogP contribution in [0.4, 0.5) is 8.78 Å².